The van der Waals surface area contributed by atoms with Gasteiger partial charge >= 0.3 is 41.7 Å². The standard InChI is InChI=1S/C12H10F15I/c1-3-5(2,28)4-6(13,14)7(15,16)8(17,18)9(19,20)10(21,22)11(23,24)12(25,26)27/h3-4H2,1-2H3. The van der Waals surface area contributed by atoms with Crippen molar-refractivity contribution >= 4 is 22.6 Å². The van der Waals surface area contributed by atoms with Crippen LogP contribution < -0.4 is 0 Å². The fraction of sp³-hybridized carbons (Fsp3) is 1.00. The van der Waals surface area contributed by atoms with Gasteiger partial charge in [-0.05, 0) is 6.42 Å². The highest BCUT2D eigenvalue weighted by Gasteiger charge is 2.93. The minimum Gasteiger partial charge on any atom is -0.200 e. The molecule has 1 unspecified atom stereocenters. The highest BCUT2D eigenvalue weighted by atomic mass is 127. The van der Waals surface area contributed by atoms with Crippen molar-refractivity contribution in [2.24, 2.45) is 0 Å². The van der Waals surface area contributed by atoms with Crippen LogP contribution in [0.2, 0.25) is 0 Å². The number of halogens is 16. The van der Waals surface area contributed by atoms with Crippen LogP contribution in [0.5, 0.6) is 0 Å². The second-order valence-electron chi connectivity index (χ2n) is 6.02. The summed E-state index contributed by atoms with van der Waals surface area (Å²) in [4.78, 5) is 0. The molecule has 0 rings (SSSR count). The number of hydrogen-bond donors (Lipinski definition) is 0. The molecule has 0 saturated heterocycles. The van der Waals surface area contributed by atoms with Crippen LogP contribution in [-0.2, 0) is 0 Å². The lowest BCUT2D eigenvalue weighted by Crippen LogP contribution is -2.72. The van der Waals surface area contributed by atoms with E-state index in [2.05, 4.69) is 0 Å². The van der Waals surface area contributed by atoms with Crippen LogP contribution in [0.1, 0.15) is 26.7 Å². The summed E-state index contributed by atoms with van der Waals surface area (Å²) < 4.78 is 193. The third kappa shape index (κ3) is 3.98. The third-order valence-corrected chi connectivity index (χ3v) is 4.86. The Balaban J connectivity index is 6.47. The molecular formula is C12H10F15I. The molecule has 170 valence electrons. The van der Waals surface area contributed by atoms with Gasteiger partial charge in [-0.3, -0.25) is 0 Å². The molecule has 0 saturated carbocycles. The first-order valence-electron chi connectivity index (χ1n) is 6.79. The lowest BCUT2D eigenvalue weighted by Gasteiger charge is -2.42. The monoisotopic (exact) mass is 566 g/mol. The van der Waals surface area contributed by atoms with Crippen molar-refractivity contribution in [1.82, 2.24) is 0 Å². The molecule has 0 nitrogen and oxygen atoms in total. The van der Waals surface area contributed by atoms with Crippen LogP contribution in [0.25, 0.3) is 0 Å². The fourth-order valence-electron chi connectivity index (χ4n) is 1.70. The topological polar surface area (TPSA) is 0 Å². The van der Waals surface area contributed by atoms with Crippen LogP contribution in [0.4, 0.5) is 65.9 Å². The summed E-state index contributed by atoms with van der Waals surface area (Å²) >= 11 is 1.03. The zero-order valence-corrected chi connectivity index (χ0v) is 15.6. The first kappa shape index (κ1) is 27.7. The molecule has 28 heavy (non-hydrogen) atoms. The van der Waals surface area contributed by atoms with Crippen molar-refractivity contribution in [3.05, 3.63) is 0 Å². The van der Waals surface area contributed by atoms with E-state index in [1.165, 1.54) is 0 Å². The molecule has 0 heterocycles. The molecule has 0 aromatic carbocycles. The van der Waals surface area contributed by atoms with E-state index in [0.29, 0.717) is 0 Å². The Morgan fingerprint density at radius 3 is 1.11 bits per heavy atom. The zero-order chi connectivity index (χ0) is 23.4. The van der Waals surface area contributed by atoms with E-state index in [4.69, 9.17) is 0 Å². The number of alkyl halides is 16. The van der Waals surface area contributed by atoms with Gasteiger partial charge in [-0.25, -0.2) is 0 Å². The Bertz CT molecular complexity index is 560. The molecule has 0 spiro atoms. The summed E-state index contributed by atoms with van der Waals surface area (Å²) in [6.45, 7) is 1.84. The largest absolute Gasteiger partial charge is 0.460 e. The predicted octanol–water partition coefficient (Wildman–Crippen LogP) is 7.35. The Morgan fingerprint density at radius 1 is 0.536 bits per heavy atom. The van der Waals surface area contributed by atoms with Crippen molar-refractivity contribution in [2.75, 3.05) is 0 Å². The number of rotatable bonds is 8. The normalized spacial score (nSPS) is 18.2. The van der Waals surface area contributed by atoms with Gasteiger partial charge in [0.15, 0.2) is 0 Å². The van der Waals surface area contributed by atoms with Crippen molar-refractivity contribution < 1.29 is 65.9 Å². The van der Waals surface area contributed by atoms with Crippen molar-refractivity contribution in [3.63, 3.8) is 0 Å². The van der Waals surface area contributed by atoms with Gasteiger partial charge in [0, 0.05) is 9.84 Å². The minimum atomic E-state index is -8.22. The lowest BCUT2D eigenvalue weighted by molar-refractivity contribution is -0.452. The molecule has 0 bridgehead atoms. The highest BCUT2D eigenvalue weighted by molar-refractivity contribution is 14.1. The fourth-order valence-corrected chi connectivity index (χ4v) is 2.18. The second kappa shape index (κ2) is 7.13. The van der Waals surface area contributed by atoms with Crippen molar-refractivity contribution in [3.8, 4) is 0 Å². The first-order chi connectivity index (χ1) is 11.8. The maximum atomic E-state index is 13.6. The van der Waals surface area contributed by atoms with Gasteiger partial charge in [-0.2, -0.15) is 65.9 Å². The number of hydrogen-bond acceptors (Lipinski definition) is 0. The highest BCUT2D eigenvalue weighted by Crippen LogP contribution is 2.63. The molecule has 0 aliphatic carbocycles. The van der Waals surface area contributed by atoms with Gasteiger partial charge in [-0.1, -0.05) is 36.4 Å². The summed E-state index contributed by atoms with van der Waals surface area (Å²) in [6.07, 6.45) is -10.3. The molecule has 0 aromatic rings. The Hall–Kier alpha value is -0.320. The van der Waals surface area contributed by atoms with Gasteiger partial charge in [0.1, 0.15) is 0 Å². The van der Waals surface area contributed by atoms with E-state index in [1.54, 1.807) is 0 Å². The maximum absolute atomic E-state index is 13.6. The second-order valence-corrected chi connectivity index (χ2v) is 8.62. The molecular weight excluding hydrogens is 556 g/mol. The summed E-state index contributed by atoms with van der Waals surface area (Å²) in [5, 5.41) is 0. The SMILES string of the molecule is CCC(C)(I)CC(F)(F)C(F)(F)C(F)(F)C(F)(F)C(F)(F)C(F)(F)C(F)(F)F. The Kier molecular flexibility index (Phi) is 7.05. The Labute approximate surface area is 160 Å². The summed E-state index contributed by atoms with van der Waals surface area (Å²) in [5.41, 5.74) is 0. The third-order valence-electron chi connectivity index (χ3n) is 3.72. The molecule has 0 aliphatic rings. The molecule has 0 fully saturated rings. The van der Waals surface area contributed by atoms with Crippen LogP contribution in [0, 0.1) is 0 Å². The molecule has 0 amide bonds. The van der Waals surface area contributed by atoms with Gasteiger partial charge in [0.05, 0.1) is 0 Å². The molecule has 0 aliphatic heterocycles. The van der Waals surface area contributed by atoms with Crippen LogP contribution >= 0.6 is 22.6 Å². The molecule has 1 atom stereocenters. The average molecular weight is 566 g/mol. The van der Waals surface area contributed by atoms with E-state index in [-0.39, 0.29) is 0 Å². The maximum Gasteiger partial charge on any atom is 0.460 e. The lowest BCUT2D eigenvalue weighted by atomic mass is 9.87. The summed E-state index contributed by atoms with van der Waals surface area (Å²) in [5.74, 6) is -46.0. The van der Waals surface area contributed by atoms with E-state index < -0.39 is 58.0 Å². The van der Waals surface area contributed by atoms with Crippen LogP contribution in [-0.4, -0.2) is 45.1 Å². The summed E-state index contributed by atoms with van der Waals surface area (Å²) in [7, 11) is 0. The van der Waals surface area contributed by atoms with Crippen LogP contribution in [0.15, 0.2) is 0 Å². The van der Waals surface area contributed by atoms with Gasteiger partial charge in [-0.15, -0.1) is 0 Å². The molecule has 0 aromatic heterocycles. The predicted molar refractivity (Wildman–Crippen MR) is 73.1 cm³/mol. The van der Waals surface area contributed by atoms with Crippen LogP contribution in [0.3, 0.4) is 0 Å². The molecule has 16 heteroatoms. The quantitative estimate of drug-likeness (QED) is 0.164. The Morgan fingerprint density at radius 2 is 0.821 bits per heavy atom. The van der Waals surface area contributed by atoms with E-state index in [9.17, 15) is 65.9 Å². The van der Waals surface area contributed by atoms with E-state index in [1.807, 2.05) is 0 Å². The molecule has 0 N–H and O–H groups in total. The van der Waals surface area contributed by atoms with E-state index >= 15 is 0 Å². The summed E-state index contributed by atoms with van der Waals surface area (Å²) in [6, 6.07) is 0. The first-order valence-corrected chi connectivity index (χ1v) is 7.87. The average Bonchev–Trinajstić information content (AvgIpc) is 2.43. The van der Waals surface area contributed by atoms with Crippen molar-refractivity contribution in [2.45, 2.75) is 71.8 Å². The van der Waals surface area contributed by atoms with E-state index in [0.717, 1.165) is 36.4 Å². The molecule has 0 radical (unpaired) electrons. The smallest absolute Gasteiger partial charge is 0.200 e. The van der Waals surface area contributed by atoms with Gasteiger partial charge in [0.25, 0.3) is 0 Å². The zero-order valence-electron chi connectivity index (χ0n) is 13.5. The minimum absolute atomic E-state index is 0.441. The van der Waals surface area contributed by atoms with Gasteiger partial charge < -0.3 is 0 Å². The van der Waals surface area contributed by atoms with Crippen molar-refractivity contribution in [1.29, 1.82) is 0 Å². The van der Waals surface area contributed by atoms with Gasteiger partial charge in [0.2, 0.25) is 0 Å².